The number of aromatic nitrogens is 2. The third kappa shape index (κ3) is 6.48. The molecule has 3 N–H and O–H groups in total. The summed E-state index contributed by atoms with van der Waals surface area (Å²) in [5.41, 5.74) is 7.78. The lowest BCUT2D eigenvalue weighted by Gasteiger charge is -2.19. The Kier molecular flexibility index (Phi) is 7.37. The first-order chi connectivity index (χ1) is 16.3. The Bertz CT molecular complexity index is 1190. The Hall–Kier alpha value is -3.12. The van der Waals surface area contributed by atoms with E-state index in [1.54, 1.807) is 31.4 Å². The van der Waals surface area contributed by atoms with Crippen LogP contribution in [0.4, 0.5) is 10.9 Å². The normalized spacial score (nSPS) is 14.9. The molecular formula is C26H31N5O2S. The van der Waals surface area contributed by atoms with E-state index in [0.29, 0.717) is 18.2 Å². The number of aliphatic hydroxyl groups is 1. The lowest BCUT2D eigenvalue weighted by atomic mass is 10.1. The lowest BCUT2D eigenvalue weighted by molar-refractivity contribution is 0.143. The van der Waals surface area contributed by atoms with E-state index in [0.717, 1.165) is 59.3 Å². The maximum absolute atomic E-state index is 9.82. The summed E-state index contributed by atoms with van der Waals surface area (Å²) in [4.78, 5) is 14.8. The van der Waals surface area contributed by atoms with E-state index in [1.165, 1.54) is 0 Å². The Morgan fingerprint density at radius 1 is 1.15 bits per heavy atom. The van der Waals surface area contributed by atoms with E-state index in [2.05, 4.69) is 38.7 Å². The number of nitrogens with two attached hydrogens (primary N) is 1. The van der Waals surface area contributed by atoms with Crippen LogP contribution >= 0.6 is 11.3 Å². The van der Waals surface area contributed by atoms with Crippen LogP contribution in [0, 0.1) is 11.8 Å². The Morgan fingerprint density at radius 2 is 2.00 bits per heavy atom. The van der Waals surface area contributed by atoms with Crippen LogP contribution in [-0.4, -0.2) is 58.8 Å². The molecule has 0 amide bonds. The summed E-state index contributed by atoms with van der Waals surface area (Å²) in [7, 11) is 2.16. The molecule has 0 saturated carbocycles. The zero-order valence-corrected chi connectivity index (χ0v) is 20.7. The second-order valence-electron chi connectivity index (χ2n) is 9.06. The van der Waals surface area contributed by atoms with Gasteiger partial charge in [0, 0.05) is 43.2 Å². The summed E-state index contributed by atoms with van der Waals surface area (Å²) in [6.45, 7) is 7.82. The second kappa shape index (κ2) is 10.4. The molecule has 1 fully saturated rings. The molecule has 7 nitrogen and oxygen atoms in total. The molecule has 0 bridgehead atoms. The van der Waals surface area contributed by atoms with Crippen LogP contribution in [0.5, 0.6) is 5.75 Å². The molecule has 178 valence electrons. The first-order valence-corrected chi connectivity index (χ1v) is 12.2. The second-order valence-corrected chi connectivity index (χ2v) is 10.1. The van der Waals surface area contributed by atoms with Crippen LogP contribution in [-0.2, 0) is 6.61 Å². The minimum Gasteiger partial charge on any atom is -0.485 e. The summed E-state index contributed by atoms with van der Waals surface area (Å²) in [5, 5.41) is 10.9. The number of anilines is 2. The summed E-state index contributed by atoms with van der Waals surface area (Å²) in [6.07, 6.45) is 4.80. The number of pyridine rings is 1. The van der Waals surface area contributed by atoms with Gasteiger partial charge in [-0.15, -0.1) is 0 Å². The molecule has 34 heavy (non-hydrogen) atoms. The van der Waals surface area contributed by atoms with E-state index in [1.807, 2.05) is 36.5 Å². The molecule has 0 unspecified atom stereocenters. The van der Waals surface area contributed by atoms with Gasteiger partial charge in [0.05, 0.1) is 4.88 Å². The van der Waals surface area contributed by atoms with Crippen molar-refractivity contribution < 1.29 is 9.84 Å². The molecule has 0 aliphatic carbocycles. The van der Waals surface area contributed by atoms with Crippen molar-refractivity contribution in [1.29, 1.82) is 0 Å². The van der Waals surface area contributed by atoms with Gasteiger partial charge >= 0.3 is 0 Å². The average Bonchev–Trinajstić information content (AvgIpc) is 3.19. The molecule has 4 rings (SSSR count). The third-order valence-corrected chi connectivity index (χ3v) is 6.59. The van der Waals surface area contributed by atoms with E-state index in [-0.39, 0.29) is 0 Å². The van der Waals surface area contributed by atoms with Crippen LogP contribution in [0.25, 0.3) is 10.4 Å². The predicted octanol–water partition coefficient (Wildman–Crippen LogP) is 3.63. The molecule has 0 atom stereocenters. The van der Waals surface area contributed by atoms with Crippen molar-refractivity contribution in [2.45, 2.75) is 32.5 Å². The van der Waals surface area contributed by atoms with Gasteiger partial charge in [-0.25, -0.2) is 9.97 Å². The fourth-order valence-electron chi connectivity index (χ4n) is 3.61. The van der Waals surface area contributed by atoms with E-state index in [9.17, 15) is 5.11 Å². The van der Waals surface area contributed by atoms with E-state index in [4.69, 9.17) is 10.5 Å². The predicted molar refractivity (Wildman–Crippen MR) is 138 cm³/mol. The largest absolute Gasteiger partial charge is 0.485 e. The highest BCUT2D eigenvalue weighted by Gasteiger charge is 2.17. The molecule has 3 aromatic rings. The maximum Gasteiger partial charge on any atom is 0.185 e. The molecule has 8 heteroatoms. The molecule has 0 spiro atoms. The monoisotopic (exact) mass is 477 g/mol. The molecule has 1 saturated heterocycles. The number of nitrogen functional groups attached to an aromatic ring is 1. The molecule has 0 radical (unpaired) electrons. The van der Waals surface area contributed by atoms with Gasteiger partial charge < -0.3 is 25.4 Å². The van der Waals surface area contributed by atoms with Crippen molar-refractivity contribution in [2.75, 3.05) is 43.9 Å². The SMILES string of the molecule is CN1CCCN(c2ncc(-c3cnc(N)c(OCc4cccc(C#CC(C)(C)O)c4)c3)s2)CC1. The van der Waals surface area contributed by atoms with Crippen LogP contribution in [0.15, 0.2) is 42.7 Å². The molecule has 1 aliphatic heterocycles. The number of likely N-dealkylation sites (N-methyl/N-ethyl adjacent to an activating group) is 1. The van der Waals surface area contributed by atoms with E-state index >= 15 is 0 Å². The van der Waals surface area contributed by atoms with Gasteiger partial charge in [0.15, 0.2) is 16.7 Å². The zero-order chi connectivity index (χ0) is 24.1. The number of rotatable bonds is 5. The molecular weight excluding hydrogens is 446 g/mol. The quantitative estimate of drug-likeness (QED) is 0.543. The summed E-state index contributed by atoms with van der Waals surface area (Å²) >= 11 is 1.67. The van der Waals surface area contributed by atoms with Crippen LogP contribution in [0.1, 0.15) is 31.4 Å². The number of nitrogens with zero attached hydrogens (tertiary/aromatic N) is 4. The zero-order valence-electron chi connectivity index (χ0n) is 19.9. The van der Waals surface area contributed by atoms with E-state index < -0.39 is 5.60 Å². The maximum atomic E-state index is 9.82. The van der Waals surface area contributed by atoms with Crippen molar-refractivity contribution in [2.24, 2.45) is 0 Å². The fraction of sp³-hybridized carbons (Fsp3) is 0.385. The molecule has 2 aromatic heterocycles. The third-order valence-electron chi connectivity index (χ3n) is 5.48. The Balaban J connectivity index is 1.46. The molecule has 1 aliphatic rings. The van der Waals surface area contributed by atoms with Gasteiger partial charge in [0.1, 0.15) is 12.2 Å². The van der Waals surface area contributed by atoms with Gasteiger partial charge in [-0.3, -0.25) is 0 Å². The van der Waals surface area contributed by atoms with Gasteiger partial charge in [0.25, 0.3) is 0 Å². The highest BCUT2D eigenvalue weighted by molar-refractivity contribution is 7.18. The standard InChI is InChI=1S/C26H31N5O2S/c1-26(2,32)9-8-19-6-4-7-20(14-19)18-33-22-15-21(16-28-24(22)27)23-17-29-25(34-23)31-11-5-10-30(3)12-13-31/h4,6-7,14-17,32H,5,10-13,18H2,1-3H3,(H2,27,28). The highest BCUT2D eigenvalue weighted by Crippen LogP contribution is 2.34. The van der Waals surface area contributed by atoms with Crippen molar-refractivity contribution in [1.82, 2.24) is 14.9 Å². The van der Waals surface area contributed by atoms with Gasteiger partial charge in [-0.05, 0) is 57.6 Å². The number of benzene rings is 1. The minimum atomic E-state index is -1.03. The number of hydrogen-bond acceptors (Lipinski definition) is 8. The van der Waals surface area contributed by atoms with Gasteiger partial charge in [-0.2, -0.15) is 0 Å². The summed E-state index contributed by atoms with van der Waals surface area (Å²) < 4.78 is 6.02. The van der Waals surface area contributed by atoms with Gasteiger partial charge in [-0.1, -0.05) is 35.3 Å². The lowest BCUT2D eigenvalue weighted by Crippen LogP contribution is -2.28. The summed E-state index contributed by atoms with van der Waals surface area (Å²) in [6, 6.07) is 9.66. The number of hydrogen-bond donors (Lipinski definition) is 2. The number of ether oxygens (including phenoxy) is 1. The van der Waals surface area contributed by atoms with Gasteiger partial charge in [0.2, 0.25) is 0 Å². The van der Waals surface area contributed by atoms with Crippen LogP contribution in [0.2, 0.25) is 0 Å². The first kappa shape index (κ1) is 24.0. The van der Waals surface area contributed by atoms with Crippen LogP contribution < -0.4 is 15.4 Å². The van der Waals surface area contributed by atoms with Crippen molar-refractivity contribution in [3.8, 4) is 28.0 Å². The average molecular weight is 478 g/mol. The first-order valence-electron chi connectivity index (χ1n) is 11.4. The van der Waals surface area contributed by atoms with Crippen molar-refractivity contribution >= 4 is 22.3 Å². The van der Waals surface area contributed by atoms with Crippen molar-refractivity contribution in [3.63, 3.8) is 0 Å². The Labute approximate surface area is 205 Å². The highest BCUT2D eigenvalue weighted by atomic mass is 32.1. The smallest absolute Gasteiger partial charge is 0.185 e. The Morgan fingerprint density at radius 3 is 2.82 bits per heavy atom. The van der Waals surface area contributed by atoms with Crippen LogP contribution in [0.3, 0.4) is 0 Å². The number of thiazole rings is 1. The molecule has 1 aromatic carbocycles. The molecule has 3 heterocycles. The van der Waals surface area contributed by atoms with Crippen molar-refractivity contribution in [3.05, 3.63) is 53.9 Å². The minimum absolute atomic E-state index is 0.336. The summed E-state index contributed by atoms with van der Waals surface area (Å²) in [5.74, 6) is 6.71. The fourth-order valence-corrected chi connectivity index (χ4v) is 4.56. The topological polar surface area (TPSA) is 87.7 Å².